The highest BCUT2D eigenvalue weighted by molar-refractivity contribution is 5.93. The average molecular weight is 250 g/mol. The Morgan fingerprint density at radius 1 is 1.33 bits per heavy atom. The number of hydrogen-bond donors (Lipinski definition) is 2. The highest BCUT2D eigenvalue weighted by atomic mass is 16.5. The Hall–Kier alpha value is -2.04. The molecule has 0 aliphatic rings. The molecule has 0 aliphatic heterocycles. The van der Waals surface area contributed by atoms with Gasteiger partial charge in [0.15, 0.2) is 0 Å². The number of ether oxygens (including phenoxy) is 1. The lowest BCUT2D eigenvalue weighted by Crippen LogP contribution is -2.31. The first-order chi connectivity index (χ1) is 8.52. The van der Waals surface area contributed by atoms with Crippen LogP contribution in [0.2, 0.25) is 0 Å². The third-order valence-corrected chi connectivity index (χ3v) is 2.21. The molecule has 2 amide bonds. The summed E-state index contributed by atoms with van der Waals surface area (Å²) in [6.45, 7) is 4.62. The molecule has 1 aromatic rings. The monoisotopic (exact) mass is 250 g/mol. The fourth-order valence-corrected chi connectivity index (χ4v) is 1.31. The third-order valence-electron chi connectivity index (χ3n) is 2.21. The molecular formula is C13H18N2O3. The van der Waals surface area contributed by atoms with E-state index in [4.69, 9.17) is 0 Å². The van der Waals surface area contributed by atoms with Gasteiger partial charge in [0.25, 0.3) is 0 Å². The largest absolute Gasteiger partial charge is 0.465 e. The molecular weight excluding hydrogens is 232 g/mol. The van der Waals surface area contributed by atoms with Gasteiger partial charge in [0, 0.05) is 12.2 Å². The summed E-state index contributed by atoms with van der Waals surface area (Å²) >= 11 is 0. The number of benzene rings is 1. The van der Waals surface area contributed by atoms with E-state index in [9.17, 15) is 9.59 Å². The zero-order chi connectivity index (χ0) is 13.5. The second-order valence-electron chi connectivity index (χ2n) is 4.30. The number of hydrogen-bond acceptors (Lipinski definition) is 3. The number of amides is 2. The maximum absolute atomic E-state index is 11.5. The molecule has 2 N–H and O–H groups in total. The van der Waals surface area contributed by atoms with Crippen LogP contribution in [-0.4, -0.2) is 25.7 Å². The van der Waals surface area contributed by atoms with Crippen molar-refractivity contribution in [2.24, 2.45) is 5.92 Å². The van der Waals surface area contributed by atoms with E-state index in [1.54, 1.807) is 24.3 Å². The second-order valence-corrected chi connectivity index (χ2v) is 4.30. The molecule has 18 heavy (non-hydrogen) atoms. The van der Waals surface area contributed by atoms with Crippen molar-refractivity contribution in [3.8, 4) is 0 Å². The van der Waals surface area contributed by atoms with Gasteiger partial charge in [0.2, 0.25) is 0 Å². The summed E-state index contributed by atoms with van der Waals surface area (Å²) in [5, 5.41) is 5.39. The highest BCUT2D eigenvalue weighted by Crippen LogP contribution is 2.11. The molecule has 0 spiro atoms. The summed E-state index contributed by atoms with van der Waals surface area (Å²) in [4.78, 5) is 22.8. The Kier molecular flexibility index (Phi) is 5.17. The lowest BCUT2D eigenvalue weighted by Gasteiger charge is -2.10. The number of carbonyl (C=O) groups is 2. The van der Waals surface area contributed by atoms with E-state index < -0.39 is 5.97 Å². The summed E-state index contributed by atoms with van der Waals surface area (Å²) in [5.41, 5.74) is 0.957. The number of urea groups is 1. The van der Waals surface area contributed by atoms with Crippen LogP contribution in [0.4, 0.5) is 10.5 Å². The Balaban J connectivity index is 2.62. The number of methoxy groups -OCH3 is 1. The normalized spacial score (nSPS) is 10.0. The van der Waals surface area contributed by atoms with Crippen LogP contribution < -0.4 is 10.6 Å². The van der Waals surface area contributed by atoms with E-state index >= 15 is 0 Å². The molecule has 0 saturated carbocycles. The molecule has 0 bridgehead atoms. The van der Waals surface area contributed by atoms with Crippen LogP contribution >= 0.6 is 0 Å². The number of esters is 1. The minimum Gasteiger partial charge on any atom is -0.465 e. The van der Waals surface area contributed by atoms with Gasteiger partial charge in [0.1, 0.15) is 0 Å². The lowest BCUT2D eigenvalue weighted by molar-refractivity contribution is 0.0600. The number of nitrogens with one attached hydrogen (secondary N) is 2. The molecule has 98 valence electrons. The van der Waals surface area contributed by atoms with Crippen molar-refractivity contribution in [1.82, 2.24) is 5.32 Å². The topological polar surface area (TPSA) is 67.4 Å². The van der Waals surface area contributed by atoms with Crippen LogP contribution in [0.5, 0.6) is 0 Å². The highest BCUT2D eigenvalue weighted by Gasteiger charge is 2.07. The van der Waals surface area contributed by atoms with E-state index in [1.807, 2.05) is 13.8 Å². The molecule has 0 atom stereocenters. The van der Waals surface area contributed by atoms with Crippen molar-refractivity contribution in [3.05, 3.63) is 29.8 Å². The minimum absolute atomic E-state index is 0.286. The maximum atomic E-state index is 11.5. The minimum atomic E-state index is -0.429. The molecule has 0 saturated heterocycles. The van der Waals surface area contributed by atoms with Crippen molar-refractivity contribution >= 4 is 17.7 Å². The number of anilines is 1. The predicted octanol–water partition coefficient (Wildman–Crippen LogP) is 2.25. The molecule has 5 nitrogen and oxygen atoms in total. The van der Waals surface area contributed by atoms with E-state index in [-0.39, 0.29) is 6.03 Å². The Morgan fingerprint density at radius 2 is 2.06 bits per heavy atom. The summed E-state index contributed by atoms with van der Waals surface area (Å²) in [6.07, 6.45) is 0. The predicted molar refractivity (Wildman–Crippen MR) is 69.6 cm³/mol. The summed E-state index contributed by atoms with van der Waals surface area (Å²) in [6, 6.07) is 6.31. The fraction of sp³-hybridized carbons (Fsp3) is 0.385. The lowest BCUT2D eigenvalue weighted by atomic mass is 10.2. The van der Waals surface area contributed by atoms with Gasteiger partial charge in [-0.1, -0.05) is 19.9 Å². The van der Waals surface area contributed by atoms with E-state index in [1.165, 1.54) is 7.11 Å². The van der Waals surface area contributed by atoms with Gasteiger partial charge < -0.3 is 15.4 Å². The summed E-state index contributed by atoms with van der Waals surface area (Å²) < 4.78 is 4.61. The van der Waals surface area contributed by atoms with E-state index in [0.29, 0.717) is 23.7 Å². The van der Waals surface area contributed by atoms with Gasteiger partial charge in [0.05, 0.1) is 12.7 Å². The molecule has 0 aliphatic carbocycles. The van der Waals surface area contributed by atoms with Gasteiger partial charge in [-0.15, -0.1) is 0 Å². The van der Waals surface area contributed by atoms with Crippen LogP contribution in [0.3, 0.4) is 0 Å². The molecule has 0 aromatic heterocycles. The second kappa shape index (κ2) is 6.64. The molecule has 1 aromatic carbocycles. The molecule has 0 radical (unpaired) electrons. The van der Waals surface area contributed by atoms with Gasteiger partial charge in [-0.25, -0.2) is 9.59 Å². The van der Waals surface area contributed by atoms with E-state index in [2.05, 4.69) is 15.4 Å². The zero-order valence-electron chi connectivity index (χ0n) is 10.8. The van der Waals surface area contributed by atoms with Crippen LogP contribution in [0, 0.1) is 5.92 Å². The number of carbonyl (C=O) groups excluding carboxylic acids is 2. The van der Waals surface area contributed by atoms with Gasteiger partial charge in [-0.3, -0.25) is 0 Å². The average Bonchev–Trinajstić information content (AvgIpc) is 2.35. The molecule has 5 heteroatoms. The van der Waals surface area contributed by atoms with E-state index in [0.717, 1.165) is 0 Å². The van der Waals surface area contributed by atoms with Crippen molar-refractivity contribution in [2.75, 3.05) is 19.0 Å². The molecule has 0 unspecified atom stereocenters. The fourth-order valence-electron chi connectivity index (χ4n) is 1.31. The van der Waals surface area contributed by atoms with Gasteiger partial charge >= 0.3 is 12.0 Å². The first-order valence-electron chi connectivity index (χ1n) is 5.76. The van der Waals surface area contributed by atoms with Gasteiger partial charge in [-0.05, 0) is 24.1 Å². The van der Waals surface area contributed by atoms with Crippen molar-refractivity contribution in [1.29, 1.82) is 0 Å². The first-order valence-corrected chi connectivity index (χ1v) is 5.76. The van der Waals surface area contributed by atoms with Gasteiger partial charge in [-0.2, -0.15) is 0 Å². The third kappa shape index (κ3) is 4.45. The standard InChI is InChI=1S/C13H18N2O3/c1-9(2)8-14-13(17)15-11-6-4-5-10(7-11)12(16)18-3/h4-7,9H,8H2,1-3H3,(H2,14,15,17). The summed E-state index contributed by atoms with van der Waals surface area (Å²) in [5.74, 6) is -0.0432. The molecule has 0 heterocycles. The van der Waals surface area contributed by atoms with Crippen molar-refractivity contribution in [3.63, 3.8) is 0 Å². The molecule has 1 rings (SSSR count). The SMILES string of the molecule is COC(=O)c1cccc(NC(=O)NCC(C)C)c1. The smallest absolute Gasteiger partial charge is 0.337 e. The van der Waals surface area contributed by atoms with Crippen LogP contribution in [0.15, 0.2) is 24.3 Å². The summed E-state index contributed by atoms with van der Waals surface area (Å²) in [7, 11) is 1.32. The quantitative estimate of drug-likeness (QED) is 0.805. The Morgan fingerprint density at radius 3 is 2.67 bits per heavy atom. The van der Waals surface area contributed by atoms with Crippen LogP contribution in [0.25, 0.3) is 0 Å². The molecule has 0 fully saturated rings. The Labute approximate surface area is 107 Å². The van der Waals surface area contributed by atoms with Crippen molar-refractivity contribution in [2.45, 2.75) is 13.8 Å². The Bertz CT molecular complexity index is 430. The zero-order valence-corrected chi connectivity index (χ0v) is 10.8. The van der Waals surface area contributed by atoms with Crippen molar-refractivity contribution < 1.29 is 14.3 Å². The first kappa shape index (κ1) is 14.0. The van der Waals surface area contributed by atoms with Crippen LogP contribution in [0.1, 0.15) is 24.2 Å². The van der Waals surface area contributed by atoms with Crippen LogP contribution in [-0.2, 0) is 4.74 Å². The maximum Gasteiger partial charge on any atom is 0.337 e. The number of rotatable bonds is 4.